The molecule has 0 bridgehead atoms. The lowest BCUT2D eigenvalue weighted by atomic mass is 10.1. The fourth-order valence-electron chi connectivity index (χ4n) is 2.56. The second-order valence-electron chi connectivity index (χ2n) is 5.97. The molecule has 0 atom stereocenters. The fourth-order valence-corrected chi connectivity index (χ4v) is 3.89. The number of nitrogens with one attached hydrogen (secondary N) is 2. The summed E-state index contributed by atoms with van der Waals surface area (Å²) in [6, 6.07) is 14.3. The van der Waals surface area contributed by atoms with Crippen molar-refractivity contribution in [3.8, 4) is 0 Å². The van der Waals surface area contributed by atoms with Gasteiger partial charge in [-0.05, 0) is 30.7 Å². The van der Waals surface area contributed by atoms with Gasteiger partial charge in [-0.2, -0.15) is 5.10 Å². The number of H-pyrrole nitrogens is 1. The molecule has 26 heavy (non-hydrogen) atoms. The summed E-state index contributed by atoms with van der Waals surface area (Å²) < 4.78 is 27.0. The van der Waals surface area contributed by atoms with E-state index in [0.29, 0.717) is 23.7 Å². The second-order valence-corrected chi connectivity index (χ2v) is 8.17. The molecule has 136 valence electrons. The molecule has 8 heteroatoms. The van der Waals surface area contributed by atoms with Crippen molar-refractivity contribution < 1.29 is 8.42 Å². The number of halogens is 1. The number of aromatic amines is 1. The lowest BCUT2D eigenvalue weighted by molar-refractivity contribution is 0.581. The van der Waals surface area contributed by atoms with Crippen molar-refractivity contribution in [3.63, 3.8) is 0 Å². The SMILES string of the molecule is Cc1cccc(Cc2nc(CCNS(=O)(=O)c3cccc(Cl)c3)n[nH]2)c1. The standard InChI is InChI=1S/C18H19ClN4O2S/c1-13-4-2-5-14(10-13)11-18-21-17(22-23-18)8-9-20-26(24,25)16-7-3-6-15(19)12-16/h2-7,10,12,20H,8-9,11H2,1H3,(H,21,22,23). The van der Waals surface area contributed by atoms with Gasteiger partial charge >= 0.3 is 0 Å². The van der Waals surface area contributed by atoms with Crippen molar-refractivity contribution in [1.29, 1.82) is 0 Å². The zero-order valence-electron chi connectivity index (χ0n) is 14.2. The summed E-state index contributed by atoms with van der Waals surface area (Å²) in [6.45, 7) is 2.25. The monoisotopic (exact) mass is 390 g/mol. The number of benzene rings is 2. The Hall–Kier alpha value is -2.22. The van der Waals surface area contributed by atoms with Crippen LogP contribution in [-0.4, -0.2) is 30.1 Å². The van der Waals surface area contributed by atoms with Gasteiger partial charge in [-0.25, -0.2) is 18.1 Å². The number of sulfonamides is 1. The molecule has 0 unspecified atom stereocenters. The van der Waals surface area contributed by atoms with Crippen molar-refractivity contribution in [2.45, 2.75) is 24.7 Å². The summed E-state index contributed by atoms with van der Waals surface area (Å²) in [5, 5.41) is 7.43. The van der Waals surface area contributed by atoms with Gasteiger partial charge in [0.25, 0.3) is 0 Å². The molecule has 0 fully saturated rings. The van der Waals surface area contributed by atoms with E-state index in [-0.39, 0.29) is 11.4 Å². The third kappa shape index (κ3) is 4.91. The van der Waals surface area contributed by atoms with Crippen LogP contribution in [-0.2, 0) is 22.9 Å². The third-order valence-electron chi connectivity index (χ3n) is 3.78. The van der Waals surface area contributed by atoms with Gasteiger partial charge in [0, 0.05) is 24.4 Å². The average Bonchev–Trinajstić information content (AvgIpc) is 3.02. The third-order valence-corrected chi connectivity index (χ3v) is 5.47. The van der Waals surface area contributed by atoms with Crippen LogP contribution in [0.3, 0.4) is 0 Å². The Morgan fingerprint density at radius 2 is 1.96 bits per heavy atom. The Morgan fingerprint density at radius 3 is 2.73 bits per heavy atom. The number of hydrogen-bond donors (Lipinski definition) is 2. The van der Waals surface area contributed by atoms with E-state index < -0.39 is 10.0 Å². The number of rotatable bonds is 7. The van der Waals surface area contributed by atoms with Gasteiger partial charge in [0.2, 0.25) is 10.0 Å². The maximum absolute atomic E-state index is 12.2. The van der Waals surface area contributed by atoms with E-state index in [1.54, 1.807) is 12.1 Å². The smallest absolute Gasteiger partial charge is 0.240 e. The van der Waals surface area contributed by atoms with Crippen LogP contribution in [0, 0.1) is 6.92 Å². The van der Waals surface area contributed by atoms with Gasteiger partial charge in [-0.15, -0.1) is 0 Å². The van der Waals surface area contributed by atoms with Crippen molar-refractivity contribution in [2.24, 2.45) is 0 Å². The Kier molecular flexibility index (Phi) is 5.70. The maximum atomic E-state index is 12.2. The molecule has 3 aromatic rings. The molecule has 3 rings (SSSR count). The van der Waals surface area contributed by atoms with E-state index in [9.17, 15) is 8.42 Å². The first-order valence-electron chi connectivity index (χ1n) is 8.13. The predicted octanol–water partition coefficient (Wildman–Crippen LogP) is 2.88. The fraction of sp³-hybridized carbons (Fsp3) is 0.222. The van der Waals surface area contributed by atoms with Crippen LogP contribution >= 0.6 is 11.6 Å². The molecule has 6 nitrogen and oxygen atoms in total. The highest BCUT2D eigenvalue weighted by atomic mass is 35.5. The summed E-state index contributed by atoms with van der Waals surface area (Å²) >= 11 is 5.84. The van der Waals surface area contributed by atoms with Crippen LogP contribution in [0.4, 0.5) is 0 Å². The van der Waals surface area contributed by atoms with Crippen molar-refractivity contribution in [2.75, 3.05) is 6.54 Å². The normalized spacial score (nSPS) is 11.6. The summed E-state index contributed by atoms with van der Waals surface area (Å²) in [7, 11) is -3.60. The van der Waals surface area contributed by atoms with E-state index in [1.807, 2.05) is 25.1 Å². The van der Waals surface area contributed by atoms with Crippen LogP contribution in [0.15, 0.2) is 53.4 Å². The van der Waals surface area contributed by atoms with E-state index in [0.717, 1.165) is 11.4 Å². The molecule has 0 amide bonds. The Balaban J connectivity index is 1.56. The molecule has 0 aliphatic carbocycles. The Bertz CT molecular complexity index is 1000. The lowest BCUT2D eigenvalue weighted by Gasteiger charge is -2.05. The van der Waals surface area contributed by atoms with E-state index in [2.05, 4.69) is 26.0 Å². The van der Waals surface area contributed by atoms with Crippen LogP contribution < -0.4 is 4.72 Å². The van der Waals surface area contributed by atoms with Crippen molar-refractivity contribution in [1.82, 2.24) is 19.9 Å². The quantitative estimate of drug-likeness (QED) is 0.649. The molecule has 0 spiro atoms. The minimum atomic E-state index is -3.60. The van der Waals surface area contributed by atoms with Crippen LogP contribution in [0.5, 0.6) is 0 Å². The first-order chi connectivity index (χ1) is 12.4. The second kappa shape index (κ2) is 7.99. The first-order valence-corrected chi connectivity index (χ1v) is 9.99. The first kappa shape index (κ1) is 18.6. The topological polar surface area (TPSA) is 87.7 Å². The predicted molar refractivity (Wildman–Crippen MR) is 101 cm³/mol. The Morgan fingerprint density at radius 1 is 1.15 bits per heavy atom. The molecular formula is C18H19ClN4O2S. The molecule has 0 saturated heterocycles. The largest absolute Gasteiger partial charge is 0.263 e. The van der Waals surface area contributed by atoms with Crippen LogP contribution in [0.2, 0.25) is 5.02 Å². The summed E-state index contributed by atoms with van der Waals surface area (Å²) in [4.78, 5) is 4.56. The number of aromatic nitrogens is 3. The van der Waals surface area contributed by atoms with Crippen LogP contribution in [0.1, 0.15) is 22.8 Å². The van der Waals surface area contributed by atoms with Gasteiger partial charge < -0.3 is 0 Å². The zero-order valence-corrected chi connectivity index (χ0v) is 15.8. The van der Waals surface area contributed by atoms with E-state index in [1.165, 1.54) is 17.7 Å². The summed E-state index contributed by atoms with van der Waals surface area (Å²) in [5.74, 6) is 1.32. The number of aryl methyl sites for hydroxylation is 1. The van der Waals surface area contributed by atoms with Gasteiger partial charge in [0.15, 0.2) is 5.82 Å². The number of nitrogens with zero attached hydrogens (tertiary/aromatic N) is 2. The molecular weight excluding hydrogens is 372 g/mol. The van der Waals surface area contributed by atoms with Crippen molar-refractivity contribution >= 4 is 21.6 Å². The van der Waals surface area contributed by atoms with Gasteiger partial charge in [0.05, 0.1) is 4.90 Å². The van der Waals surface area contributed by atoms with E-state index in [4.69, 9.17) is 11.6 Å². The molecule has 2 N–H and O–H groups in total. The van der Waals surface area contributed by atoms with Gasteiger partial charge in [-0.1, -0.05) is 47.5 Å². The molecule has 2 aromatic carbocycles. The van der Waals surface area contributed by atoms with E-state index >= 15 is 0 Å². The lowest BCUT2D eigenvalue weighted by Crippen LogP contribution is -2.26. The minimum absolute atomic E-state index is 0.139. The maximum Gasteiger partial charge on any atom is 0.240 e. The highest BCUT2D eigenvalue weighted by Crippen LogP contribution is 2.15. The molecule has 1 aromatic heterocycles. The highest BCUT2D eigenvalue weighted by molar-refractivity contribution is 7.89. The van der Waals surface area contributed by atoms with Gasteiger partial charge in [0.1, 0.15) is 5.82 Å². The summed E-state index contributed by atoms with van der Waals surface area (Å²) in [5.41, 5.74) is 2.34. The van der Waals surface area contributed by atoms with Crippen molar-refractivity contribution in [3.05, 3.63) is 76.3 Å². The van der Waals surface area contributed by atoms with Gasteiger partial charge in [-0.3, -0.25) is 5.10 Å². The number of hydrogen-bond acceptors (Lipinski definition) is 4. The molecule has 0 radical (unpaired) electrons. The average molecular weight is 391 g/mol. The molecule has 0 saturated carbocycles. The minimum Gasteiger partial charge on any atom is -0.263 e. The highest BCUT2D eigenvalue weighted by Gasteiger charge is 2.14. The molecule has 0 aliphatic heterocycles. The Labute approximate surface area is 157 Å². The van der Waals surface area contributed by atoms with Crippen LogP contribution in [0.25, 0.3) is 0 Å². The summed E-state index contributed by atoms with van der Waals surface area (Å²) in [6.07, 6.45) is 1.05. The molecule has 0 aliphatic rings. The molecule has 1 heterocycles. The zero-order chi connectivity index (χ0) is 18.6.